The first-order chi connectivity index (χ1) is 10.1. The third-order valence-electron chi connectivity index (χ3n) is 4.54. The van der Waals surface area contributed by atoms with E-state index in [2.05, 4.69) is 5.32 Å². The van der Waals surface area contributed by atoms with E-state index in [9.17, 15) is 14.0 Å². The van der Waals surface area contributed by atoms with Gasteiger partial charge in [-0.05, 0) is 31.2 Å². The van der Waals surface area contributed by atoms with Gasteiger partial charge in [0, 0.05) is 18.6 Å². The van der Waals surface area contributed by atoms with Gasteiger partial charge in [0.05, 0.1) is 12.0 Å². The maximum atomic E-state index is 14.1. The molecule has 1 N–H and O–H groups in total. The van der Waals surface area contributed by atoms with E-state index in [0.29, 0.717) is 25.0 Å². The highest BCUT2D eigenvalue weighted by Gasteiger charge is 2.57. The molecule has 3 rings (SSSR count). The van der Waals surface area contributed by atoms with E-state index in [1.54, 1.807) is 18.2 Å². The minimum Gasteiger partial charge on any atom is -0.378 e. The molecule has 1 aromatic rings. The highest BCUT2D eigenvalue weighted by Crippen LogP contribution is 2.56. The molecule has 2 fully saturated rings. The van der Waals surface area contributed by atoms with Crippen LogP contribution in [0, 0.1) is 11.2 Å². The molecule has 0 radical (unpaired) electrons. The van der Waals surface area contributed by atoms with Crippen LogP contribution < -0.4 is 5.32 Å². The topological polar surface area (TPSA) is 55.4 Å². The van der Waals surface area contributed by atoms with Crippen molar-refractivity contribution in [2.24, 2.45) is 5.41 Å². The monoisotopic (exact) mass is 291 g/mol. The molecule has 112 valence electrons. The lowest BCUT2D eigenvalue weighted by Crippen LogP contribution is -2.58. The molecule has 5 heteroatoms. The van der Waals surface area contributed by atoms with Crippen molar-refractivity contribution in [3.63, 3.8) is 0 Å². The fourth-order valence-corrected chi connectivity index (χ4v) is 3.71. The number of carbonyl (C=O) groups excluding carboxylic acids is 2. The third kappa shape index (κ3) is 2.35. The Morgan fingerprint density at radius 1 is 1.33 bits per heavy atom. The lowest BCUT2D eigenvalue weighted by Gasteiger charge is -2.53. The minimum absolute atomic E-state index is 0.0583. The van der Waals surface area contributed by atoms with Crippen molar-refractivity contribution >= 4 is 11.8 Å². The molecule has 1 unspecified atom stereocenters. The van der Waals surface area contributed by atoms with Crippen LogP contribution in [-0.4, -0.2) is 24.5 Å². The van der Waals surface area contributed by atoms with Gasteiger partial charge in [-0.15, -0.1) is 0 Å². The number of hydrogen-bond donors (Lipinski definition) is 1. The molecular weight excluding hydrogens is 273 g/mol. The molecule has 2 aliphatic rings. The number of nitrogens with one attached hydrogen (secondary N) is 1. The van der Waals surface area contributed by atoms with Gasteiger partial charge in [-0.2, -0.15) is 0 Å². The number of ether oxygens (including phenoxy) is 1. The van der Waals surface area contributed by atoms with Crippen LogP contribution in [0.2, 0.25) is 0 Å². The Morgan fingerprint density at radius 2 is 2.05 bits per heavy atom. The van der Waals surface area contributed by atoms with Crippen LogP contribution in [0.15, 0.2) is 24.3 Å². The summed E-state index contributed by atoms with van der Waals surface area (Å²) in [5.41, 5.74) is -0.126. The van der Waals surface area contributed by atoms with Gasteiger partial charge in [0.2, 0.25) is 11.8 Å². The minimum atomic E-state index is -0.617. The highest BCUT2D eigenvalue weighted by atomic mass is 19.1. The Kier molecular flexibility index (Phi) is 3.53. The molecule has 1 aliphatic heterocycles. The number of benzene rings is 1. The smallest absolute Gasteiger partial charge is 0.234 e. The Hall–Kier alpha value is -1.75. The summed E-state index contributed by atoms with van der Waals surface area (Å²) in [7, 11) is 0. The molecule has 21 heavy (non-hydrogen) atoms. The number of piperidine rings is 1. The summed E-state index contributed by atoms with van der Waals surface area (Å²) in [5, 5.41) is 2.34. The molecule has 1 aromatic carbocycles. The van der Waals surface area contributed by atoms with E-state index in [0.717, 1.165) is 0 Å². The first-order valence-electron chi connectivity index (χ1n) is 7.25. The quantitative estimate of drug-likeness (QED) is 0.868. The lowest BCUT2D eigenvalue weighted by molar-refractivity contribution is -0.154. The molecule has 1 heterocycles. The van der Waals surface area contributed by atoms with Gasteiger partial charge in [0.25, 0.3) is 0 Å². The summed E-state index contributed by atoms with van der Waals surface area (Å²) in [6, 6.07) is 6.30. The molecule has 0 bridgehead atoms. The van der Waals surface area contributed by atoms with Crippen molar-refractivity contribution in [1.29, 1.82) is 0 Å². The lowest BCUT2D eigenvalue weighted by atomic mass is 9.54. The van der Waals surface area contributed by atoms with Crippen molar-refractivity contribution < 1.29 is 18.7 Å². The van der Waals surface area contributed by atoms with Crippen LogP contribution in [0.25, 0.3) is 0 Å². The number of halogens is 1. The number of rotatable bonds is 3. The second kappa shape index (κ2) is 5.22. The summed E-state index contributed by atoms with van der Waals surface area (Å²) in [6.07, 6.45) is 1.56. The molecule has 0 aromatic heterocycles. The van der Waals surface area contributed by atoms with Crippen molar-refractivity contribution in [3.05, 3.63) is 35.6 Å². The SMILES string of the molecule is CCOC1CC2(CC(=O)NC(=O)C2c2ccccc2F)C1. The Balaban J connectivity index is 1.94. The van der Waals surface area contributed by atoms with Crippen molar-refractivity contribution in [1.82, 2.24) is 5.32 Å². The number of amides is 2. The van der Waals surface area contributed by atoms with Gasteiger partial charge >= 0.3 is 0 Å². The van der Waals surface area contributed by atoms with Gasteiger partial charge in [-0.1, -0.05) is 18.2 Å². The van der Waals surface area contributed by atoms with Crippen LogP contribution in [0.1, 0.15) is 37.7 Å². The second-order valence-electron chi connectivity index (χ2n) is 5.89. The van der Waals surface area contributed by atoms with Crippen LogP contribution >= 0.6 is 0 Å². The summed E-state index contributed by atoms with van der Waals surface area (Å²) in [6.45, 7) is 2.52. The summed E-state index contributed by atoms with van der Waals surface area (Å²) < 4.78 is 19.7. The van der Waals surface area contributed by atoms with Gasteiger partial charge in [-0.3, -0.25) is 14.9 Å². The Labute approximate surface area is 122 Å². The average molecular weight is 291 g/mol. The van der Waals surface area contributed by atoms with Gasteiger partial charge in [-0.25, -0.2) is 4.39 Å². The zero-order valence-corrected chi connectivity index (χ0v) is 11.9. The van der Waals surface area contributed by atoms with Crippen LogP contribution in [0.3, 0.4) is 0 Å². The van der Waals surface area contributed by atoms with E-state index < -0.39 is 23.1 Å². The second-order valence-corrected chi connectivity index (χ2v) is 5.89. The predicted octanol–water partition coefficient (Wildman–Crippen LogP) is 2.14. The highest BCUT2D eigenvalue weighted by molar-refractivity contribution is 6.02. The zero-order chi connectivity index (χ0) is 15.0. The number of hydrogen-bond acceptors (Lipinski definition) is 3. The molecule has 4 nitrogen and oxygen atoms in total. The maximum absolute atomic E-state index is 14.1. The summed E-state index contributed by atoms with van der Waals surface area (Å²) in [5.74, 6) is -1.69. The average Bonchev–Trinajstić information content (AvgIpc) is 2.38. The normalized spacial score (nSPS) is 31.9. The fourth-order valence-electron chi connectivity index (χ4n) is 3.71. The molecule has 1 saturated carbocycles. The molecule has 1 saturated heterocycles. The third-order valence-corrected chi connectivity index (χ3v) is 4.54. The van der Waals surface area contributed by atoms with E-state index in [1.807, 2.05) is 6.92 Å². The van der Waals surface area contributed by atoms with Crippen molar-refractivity contribution in [3.8, 4) is 0 Å². The molecule has 2 amide bonds. The van der Waals surface area contributed by atoms with Gasteiger partial charge < -0.3 is 4.74 Å². The molecule has 1 aliphatic carbocycles. The first-order valence-corrected chi connectivity index (χ1v) is 7.25. The Bertz CT molecular complexity index is 581. The molecular formula is C16H18FNO3. The van der Waals surface area contributed by atoms with Crippen LogP contribution in [-0.2, 0) is 14.3 Å². The van der Waals surface area contributed by atoms with Gasteiger partial charge in [0.1, 0.15) is 5.82 Å². The van der Waals surface area contributed by atoms with Crippen LogP contribution in [0.5, 0.6) is 0 Å². The summed E-state index contributed by atoms with van der Waals surface area (Å²) >= 11 is 0. The van der Waals surface area contributed by atoms with Crippen molar-refractivity contribution in [2.75, 3.05) is 6.61 Å². The predicted molar refractivity (Wildman–Crippen MR) is 74.0 cm³/mol. The van der Waals surface area contributed by atoms with E-state index in [4.69, 9.17) is 4.74 Å². The largest absolute Gasteiger partial charge is 0.378 e. The summed E-state index contributed by atoms with van der Waals surface area (Å²) in [4.78, 5) is 24.0. The Morgan fingerprint density at radius 3 is 2.71 bits per heavy atom. The van der Waals surface area contributed by atoms with E-state index in [-0.39, 0.29) is 18.4 Å². The van der Waals surface area contributed by atoms with E-state index in [1.165, 1.54) is 6.07 Å². The van der Waals surface area contributed by atoms with E-state index >= 15 is 0 Å². The standard InChI is InChI=1S/C16H18FNO3/c1-2-21-10-7-16(8-10)9-13(19)18-15(20)14(16)11-5-3-4-6-12(11)17/h3-6,10,14H,2,7-9H2,1H3,(H,18,19,20). The first kappa shape index (κ1) is 14.2. The number of imide groups is 1. The van der Waals surface area contributed by atoms with Crippen molar-refractivity contribution in [2.45, 2.75) is 38.2 Å². The number of carbonyl (C=O) groups is 2. The molecule has 1 spiro atoms. The maximum Gasteiger partial charge on any atom is 0.234 e. The molecule has 1 atom stereocenters. The van der Waals surface area contributed by atoms with Crippen LogP contribution in [0.4, 0.5) is 4.39 Å². The van der Waals surface area contributed by atoms with Gasteiger partial charge in [0.15, 0.2) is 0 Å². The zero-order valence-electron chi connectivity index (χ0n) is 11.9. The fraction of sp³-hybridized carbons (Fsp3) is 0.500.